The number of halogens is 1. The number of carbonyl (C=O) groups is 1. The number of rotatable bonds is 5. The number of aromatic carboxylic acids is 1. The summed E-state index contributed by atoms with van der Waals surface area (Å²) >= 11 is 5.79. The van der Waals surface area contributed by atoms with Crippen LogP contribution in [0.3, 0.4) is 0 Å². The molecule has 5 heteroatoms. The summed E-state index contributed by atoms with van der Waals surface area (Å²) in [6, 6.07) is 13.7. The first kappa shape index (κ1) is 14.8. The zero-order valence-corrected chi connectivity index (χ0v) is 12.2. The van der Waals surface area contributed by atoms with Crippen molar-refractivity contribution in [3.05, 3.63) is 70.2 Å². The van der Waals surface area contributed by atoms with Crippen molar-refractivity contribution in [1.82, 2.24) is 0 Å². The lowest BCUT2D eigenvalue weighted by Crippen LogP contribution is -2.01. The first-order valence-electron chi connectivity index (χ1n) is 5.96. The van der Waals surface area contributed by atoms with Crippen LogP contribution in [-0.2, 0) is 22.3 Å². The van der Waals surface area contributed by atoms with Crippen LogP contribution in [-0.4, -0.2) is 15.3 Å². The van der Waals surface area contributed by atoms with E-state index in [4.69, 9.17) is 16.7 Å². The lowest BCUT2D eigenvalue weighted by atomic mass is 10.1. The van der Waals surface area contributed by atoms with Crippen molar-refractivity contribution in [2.75, 3.05) is 0 Å². The Labute approximate surface area is 124 Å². The fourth-order valence-corrected chi connectivity index (χ4v) is 3.10. The van der Waals surface area contributed by atoms with Gasteiger partial charge in [-0.05, 0) is 35.4 Å². The van der Waals surface area contributed by atoms with Crippen molar-refractivity contribution >= 4 is 28.4 Å². The molecule has 104 valence electrons. The summed E-state index contributed by atoms with van der Waals surface area (Å²) in [6.07, 6.45) is 0. The Morgan fingerprint density at radius 2 is 1.40 bits per heavy atom. The number of hydrogen-bond donors (Lipinski definition) is 1. The van der Waals surface area contributed by atoms with Gasteiger partial charge in [0.15, 0.2) is 0 Å². The minimum Gasteiger partial charge on any atom is -0.478 e. The Morgan fingerprint density at radius 1 is 0.950 bits per heavy atom. The Balaban J connectivity index is 1.97. The van der Waals surface area contributed by atoms with Crippen molar-refractivity contribution in [2.45, 2.75) is 11.5 Å². The van der Waals surface area contributed by atoms with Gasteiger partial charge in [-0.3, -0.25) is 4.21 Å². The average Bonchev–Trinajstić information content (AvgIpc) is 2.42. The molecule has 0 saturated heterocycles. The summed E-state index contributed by atoms with van der Waals surface area (Å²) in [5, 5.41) is 9.46. The molecule has 1 unspecified atom stereocenters. The van der Waals surface area contributed by atoms with Crippen LogP contribution >= 0.6 is 11.6 Å². The monoisotopic (exact) mass is 308 g/mol. The predicted octanol–water partition coefficient (Wildman–Crippen LogP) is 3.49. The molecule has 0 bridgehead atoms. The molecular weight excluding hydrogens is 296 g/mol. The van der Waals surface area contributed by atoms with E-state index in [1.165, 1.54) is 12.1 Å². The SMILES string of the molecule is O=C(O)c1ccc(CS(=O)Cc2ccc(Cl)cc2)cc1. The van der Waals surface area contributed by atoms with Gasteiger partial charge < -0.3 is 5.11 Å². The van der Waals surface area contributed by atoms with Gasteiger partial charge >= 0.3 is 5.97 Å². The van der Waals surface area contributed by atoms with Crippen molar-refractivity contribution in [1.29, 1.82) is 0 Å². The van der Waals surface area contributed by atoms with Crippen molar-refractivity contribution in [2.24, 2.45) is 0 Å². The number of hydrogen-bond acceptors (Lipinski definition) is 2. The number of carboxylic acids is 1. The molecule has 0 spiro atoms. The summed E-state index contributed by atoms with van der Waals surface area (Å²) < 4.78 is 12.0. The van der Waals surface area contributed by atoms with E-state index < -0.39 is 16.8 Å². The maximum Gasteiger partial charge on any atom is 0.335 e. The van der Waals surface area contributed by atoms with Gasteiger partial charge in [-0.15, -0.1) is 0 Å². The minimum atomic E-state index is -1.04. The third kappa shape index (κ3) is 4.18. The third-order valence-corrected chi connectivity index (χ3v) is 4.33. The Bertz CT molecular complexity index is 621. The van der Waals surface area contributed by atoms with E-state index in [9.17, 15) is 9.00 Å². The molecule has 0 aromatic heterocycles. The first-order chi connectivity index (χ1) is 9.54. The predicted molar refractivity (Wildman–Crippen MR) is 80.4 cm³/mol. The van der Waals surface area contributed by atoms with Crippen LogP contribution in [0.15, 0.2) is 48.5 Å². The molecule has 0 fully saturated rings. The van der Waals surface area contributed by atoms with Crippen LogP contribution in [0.25, 0.3) is 0 Å². The third-order valence-electron chi connectivity index (χ3n) is 2.77. The quantitative estimate of drug-likeness (QED) is 0.920. The molecule has 20 heavy (non-hydrogen) atoms. The second-order valence-corrected chi connectivity index (χ2v) is 6.25. The highest BCUT2D eigenvalue weighted by Gasteiger charge is 2.06. The molecule has 2 aromatic rings. The Hall–Kier alpha value is -1.65. The smallest absolute Gasteiger partial charge is 0.335 e. The van der Waals surface area contributed by atoms with E-state index in [1.54, 1.807) is 24.3 Å². The van der Waals surface area contributed by atoms with Gasteiger partial charge in [0.05, 0.1) is 5.56 Å². The van der Waals surface area contributed by atoms with Crippen molar-refractivity contribution in [3.63, 3.8) is 0 Å². The topological polar surface area (TPSA) is 54.4 Å². The highest BCUT2D eigenvalue weighted by Crippen LogP contribution is 2.13. The standard InChI is InChI=1S/C15H13ClO3S/c16-14-7-3-12(4-8-14)10-20(19)9-11-1-5-13(6-2-11)15(17)18/h1-8H,9-10H2,(H,17,18). The van der Waals surface area contributed by atoms with Gasteiger partial charge in [-0.1, -0.05) is 35.9 Å². The molecule has 2 rings (SSSR count). The highest BCUT2D eigenvalue weighted by molar-refractivity contribution is 7.83. The van der Waals surface area contributed by atoms with E-state index in [0.717, 1.165) is 11.1 Å². The fourth-order valence-electron chi connectivity index (χ4n) is 1.75. The summed E-state index contributed by atoms with van der Waals surface area (Å²) in [4.78, 5) is 10.7. The van der Waals surface area contributed by atoms with Gasteiger partial charge in [-0.2, -0.15) is 0 Å². The number of benzene rings is 2. The molecule has 0 saturated carbocycles. The second kappa shape index (κ2) is 6.68. The van der Waals surface area contributed by atoms with Gasteiger partial charge in [0.2, 0.25) is 0 Å². The van der Waals surface area contributed by atoms with Crippen molar-refractivity contribution < 1.29 is 14.1 Å². The van der Waals surface area contributed by atoms with E-state index in [-0.39, 0.29) is 5.56 Å². The minimum absolute atomic E-state index is 0.234. The van der Waals surface area contributed by atoms with Crippen molar-refractivity contribution in [3.8, 4) is 0 Å². The van der Waals surface area contributed by atoms with Crippen LogP contribution in [0.1, 0.15) is 21.5 Å². The lowest BCUT2D eigenvalue weighted by molar-refractivity contribution is 0.0697. The van der Waals surface area contributed by atoms with E-state index in [1.807, 2.05) is 12.1 Å². The Morgan fingerprint density at radius 3 is 1.85 bits per heavy atom. The highest BCUT2D eigenvalue weighted by atomic mass is 35.5. The van der Waals surface area contributed by atoms with E-state index in [0.29, 0.717) is 16.5 Å². The van der Waals surface area contributed by atoms with Gasteiger partial charge in [0, 0.05) is 27.3 Å². The zero-order valence-electron chi connectivity index (χ0n) is 10.6. The van der Waals surface area contributed by atoms with Crippen LogP contribution in [0, 0.1) is 0 Å². The molecule has 2 aromatic carbocycles. The normalized spacial score (nSPS) is 12.1. The molecule has 1 atom stereocenters. The Kier molecular flexibility index (Phi) is 4.93. The average molecular weight is 309 g/mol. The molecule has 1 N–H and O–H groups in total. The molecule has 0 heterocycles. The van der Waals surface area contributed by atoms with Crippen LogP contribution in [0.4, 0.5) is 0 Å². The molecular formula is C15H13ClO3S. The van der Waals surface area contributed by atoms with Crippen LogP contribution < -0.4 is 0 Å². The summed E-state index contributed by atoms with van der Waals surface area (Å²) in [7, 11) is -1.04. The van der Waals surface area contributed by atoms with E-state index >= 15 is 0 Å². The molecule has 0 amide bonds. The maximum absolute atomic E-state index is 12.0. The molecule has 0 aliphatic rings. The summed E-state index contributed by atoms with van der Waals surface area (Å²) in [6.45, 7) is 0. The van der Waals surface area contributed by atoms with Gasteiger partial charge in [0.1, 0.15) is 0 Å². The van der Waals surface area contributed by atoms with E-state index in [2.05, 4.69) is 0 Å². The zero-order chi connectivity index (χ0) is 14.5. The van der Waals surface area contributed by atoms with Crippen LogP contribution in [0.5, 0.6) is 0 Å². The number of carboxylic acid groups (broad SMARTS) is 1. The second-order valence-electron chi connectivity index (χ2n) is 4.36. The molecule has 0 radical (unpaired) electrons. The lowest BCUT2D eigenvalue weighted by Gasteiger charge is -2.04. The summed E-state index contributed by atoms with van der Waals surface area (Å²) in [5.74, 6) is -0.0979. The maximum atomic E-state index is 12.0. The fraction of sp³-hybridized carbons (Fsp3) is 0.133. The molecule has 3 nitrogen and oxygen atoms in total. The first-order valence-corrected chi connectivity index (χ1v) is 7.83. The molecule has 0 aliphatic carbocycles. The largest absolute Gasteiger partial charge is 0.478 e. The molecule has 0 aliphatic heterocycles. The van der Waals surface area contributed by atoms with Gasteiger partial charge in [-0.25, -0.2) is 4.79 Å². The van der Waals surface area contributed by atoms with Crippen LogP contribution in [0.2, 0.25) is 5.02 Å². The van der Waals surface area contributed by atoms with Gasteiger partial charge in [0.25, 0.3) is 0 Å². The summed E-state index contributed by atoms with van der Waals surface area (Å²) in [5.41, 5.74) is 2.06.